The van der Waals surface area contributed by atoms with E-state index in [2.05, 4.69) is 39.0 Å². The van der Waals surface area contributed by atoms with Gasteiger partial charge in [-0.1, -0.05) is 23.7 Å². The van der Waals surface area contributed by atoms with Crippen molar-refractivity contribution in [1.29, 1.82) is 0 Å². The van der Waals surface area contributed by atoms with Crippen molar-refractivity contribution in [3.8, 4) is 11.3 Å². The van der Waals surface area contributed by atoms with Crippen molar-refractivity contribution in [3.63, 3.8) is 0 Å². The highest BCUT2D eigenvalue weighted by Crippen LogP contribution is 2.27. The Hall–Kier alpha value is -3.34. The van der Waals surface area contributed by atoms with Crippen LogP contribution in [-0.4, -0.2) is 59.4 Å². The molecule has 5 rings (SSSR count). The van der Waals surface area contributed by atoms with Crippen LogP contribution in [0, 0.1) is 6.92 Å². The van der Waals surface area contributed by atoms with Crippen molar-refractivity contribution in [3.05, 3.63) is 65.4 Å². The number of pyridine rings is 2. The molecule has 38 heavy (non-hydrogen) atoms. The summed E-state index contributed by atoms with van der Waals surface area (Å²) in [5.74, 6) is 0.810. The number of hydrogen-bond acceptors (Lipinski definition) is 8. The second-order valence-corrected chi connectivity index (χ2v) is 11.9. The predicted octanol–water partition coefficient (Wildman–Crippen LogP) is 5.13. The van der Waals surface area contributed by atoms with Crippen LogP contribution in [0.15, 0.2) is 59.8 Å². The van der Waals surface area contributed by atoms with Crippen molar-refractivity contribution < 1.29 is 8.42 Å². The lowest BCUT2D eigenvalue weighted by atomic mass is 9.91. The summed E-state index contributed by atoms with van der Waals surface area (Å²) in [4.78, 5) is 20.6. The molecule has 9 nitrogen and oxygen atoms in total. The van der Waals surface area contributed by atoms with E-state index in [1.807, 2.05) is 13.0 Å². The van der Waals surface area contributed by atoms with E-state index in [1.54, 1.807) is 36.7 Å². The number of aryl methyl sites for hydroxylation is 1. The average molecular weight is 552 g/mol. The molecule has 3 heterocycles. The van der Waals surface area contributed by atoms with Crippen LogP contribution >= 0.6 is 11.6 Å². The van der Waals surface area contributed by atoms with E-state index >= 15 is 0 Å². The van der Waals surface area contributed by atoms with Crippen LogP contribution in [0.3, 0.4) is 0 Å². The van der Waals surface area contributed by atoms with Crippen LogP contribution in [0.4, 0.5) is 11.8 Å². The van der Waals surface area contributed by atoms with E-state index in [0.717, 1.165) is 42.3 Å². The van der Waals surface area contributed by atoms with E-state index < -0.39 is 10.0 Å². The molecule has 0 atom stereocenters. The Balaban J connectivity index is 1.31. The normalized spacial score (nSPS) is 18.0. The Morgan fingerprint density at radius 3 is 2.42 bits per heavy atom. The molecule has 0 radical (unpaired) electrons. The van der Waals surface area contributed by atoms with Gasteiger partial charge < -0.3 is 10.2 Å². The third kappa shape index (κ3) is 5.72. The SMILES string of the molecule is Cc1cc(-c2ccc(NS(=O)(=O)c3ccccc3Cl)nc2)nc2cnc(NC3CCC(N(C)C)CC3)nc12. The topological polar surface area (TPSA) is 113 Å². The second-order valence-electron chi connectivity index (χ2n) is 9.83. The molecule has 0 saturated heterocycles. The lowest BCUT2D eigenvalue weighted by Gasteiger charge is -2.32. The van der Waals surface area contributed by atoms with Gasteiger partial charge in [-0.2, -0.15) is 0 Å². The summed E-state index contributed by atoms with van der Waals surface area (Å²) in [7, 11) is 0.420. The molecule has 2 N–H and O–H groups in total. The van der Waals surface area contributed by atoms with Gasteiger partial charge in [-0.15, -0.1) is 0 Å². The van der Waals surface area contributed by atoms with Gasteiger partial charge in [0.2, 0.25) is 5.95 Å². The van der Waals surface area contributed by atoms with Gasteiger partial charge in [-0.25, -0.2) is 28.4 Å². The fourth-order valence-corrected chi connectivity index (χ4v) is 6.31. The Kier molecular flexibility index (Phi) is 7.47. The van der Waals surface area contributed by atoms with Crippen LogP contribution in [0.25, 0.3) is 22.3 Å². The maximum absolute atomic E-state index is 12.7. The van der Waals surface area contributed by atoms with Crippen LogP contribution in [0.5, 0.6) is 0 Å². The van der Waals surface area contributed by atoms with Crippen molar-refractivity contribution in [2.24, 2.45) is 0 Å². The Morgan fingerprint density at radius 1 is 0.974 bits per heavy atom. The van der Waals surface area contributed by atoms with Crippen molar-refractivity contribution >= 4 is 44.4 Å². The predicted molar refractivity (Wildman–Crippen MR) is 151 cm³/mol. The smallest absolute Gasteiger partial charge is 0.264 e. The molecule has 0 spiro atoms. The fraction of sp³-hybridized carbons (Fsp3) is 0.333. The highest BCUT2D eigenvalue weighted by atomic mass is 35.5. The lowest BCUT2D eigenvalue weighted by Crippen LogP contribution is -2.36. The van der Waals surface area contributed by atoms with Gasteiger partial charge in [-0.05, 0) is 82.6 Å². The third-order valence-corrected chi connectivity index (χ3v) is 8.78. The zero-order valence-corrected chi connectivity index (χ0v) is 23.1. The summed E-state index contributed by atoms with van der Waals surface area (Å²) in [6.45, 7) is 1.99. The van der Waals surface area contributed by atoms with Gasteiger partial charge >= 0.3 is 0 Å². The third-order valence-electron chi connectivity index (χ3n) is 6.92. The summed E-state index contributed by atoms with van der Waals surface area (Å²) in [6.07, 6.45) is 7.84. The monoisotopic (exact) mass is 551 g/mol. The molecule has 0 unspecified atom stereocenters. The zero-order chi connectivity index (χ0) is 26.9. The van der Waals surface area contributed by atoms with Gasteiger partial charge in [0.05, 0.1) is 22.4 Å². The van der Waals surface area contributed by atoms with E-state index in [1.165, 1.54) is 12.1 Å². The summed E-state index contributed by atoms with van der Waals surface area (Å²) >= 11 is 6.05. The van der Waals surface area contributed by atoms with Gasteiger partial charge in [0.1, 0.15) is 16.2 Å². The molecule has 198 valence electrons. The summed E-state index contributed by atoms with van der Waals surface area (Å²) in [5.41, 5.74) is 3.90. The first-order chi connectivity index (χ1) is 18.2. The van der Waals surface area contributed by atoms with E-state index in [9.17, 15) is 8.42 Å². The molecular weight excluding hydrogens is 522 g/mol. The number of hydrogen-bond donors (Lipinski definition) is 2. The van der Waals surface area contributed by atoms with Crippen LogP contribution in [0.1, 0.15) is 31.2 Å². The number of aromatic nitrogens is 4. The van der Waals surface area contributed by atoms with Gasteiger partial charge in [0.25, 0.3) is 10.0 Å². The van der Waals surface area contributed by atoms with Crippen LogP contribution in [0.2, 0.25) is 5.02 Å². The minimum atomic E-state index is -3.86. The highest BCUT2D eigenvalue weighted by molar-refractivity contribution is 7.92. The first-order valence-electron chi connectivity index (χ1n) is 12.5. The molecule has 11 heteroatoms. The van der Waals surface area contributed by atoms with Crippen LogP contribution in [-0.2, 0) is 10.0 Å². The van der Waals surface area contributed by atoms with Gasteiger partial charge in [0, 0.05) is 23.8 Å². The standard InChI is InChI=1S/C27H30ClN7O2S/c1-17-14-22(18-8-13-25(29-15-18)34-38(36,37)24-7-5-4-6-21(24)28)32-23-16-30-27(33-26(17)23)31-19-9-11-20(12-10-19)35(2)3/h4-8,13-16,19-20H,9-12H2,1-3H3,(H,29,34)(H,30,31,33). The van der Waals surface area contributed by atoms with Crippen molar-refractivity contribution in [2.75, 3.05) is 24.1 Å². The van der Waals surface area contributed by atoms with Gasteiger partial charge in [-0.3, -0.25) is 4.72 Å². The maximum atomic E-state index is 12.7. The molecule has 0 amide bonds. The van der Waals surface area contributed by atoms with E-state index in [0.29, 0.717) is 29.2 Å². The number of benzene rings is 1. The maximum Gasteiger partial charge on any atom is 0.264 e. The Morgan fingerprint density at radius 2 is 1.74 bits per heavy atom. The second kappa shape index (κ2) is 10.8. The molecule has 1 saturated carbocycles. The fourth-order valence-electron chi connectivity index (χ4n) is 4.78. The number of nitrogens with zero attached hydrogens (tertiary/aromatic N) is 5. The van der Waals surface area contributed by atoms with E-state index in [4.69, 9.17) is 21.6 Å². The highest BCUT2D eigenvalue weighted by Gasteiger charge is 2.23. The molecule has 1 fully saturated rings. The molecule has 4 aromatic rings. The summed E-state index contributed by atoms with van der Waals surface area (Å²) in [6, 6.07) is 12.6. The molecule has 0 aliphatic heterocycles. The average Bonchev–Trinajstić information content (AvgIpc) is 2.89. The number of sulfonamides is 1. The number of rotatable bonds is 7. The first kappa shape index (κ1) is 26.3. The molecule has 1 aliphatic rings. The number of halogens is 1. The molecule has 1 aliphatic carbocycles. The molecular formula is C27H30ClN7O2S. The minimum Gasteiger partial charge on any atom is -0.351 e. The van der Waals surface area contributed by atoms with Gasteiger partial charge in [0.15, 0.2) is 0 Å². The molecule has 3 aromatic heterocycles. The molecule has 0 bridgehead atoms. The first-order valence-corrected chi connectivity index (χ1v) is 14.4. The number of anilines is 2. The number of nitrogens with one attached hydrogen (secondary N) is 2. The summed E-state index contributed by atoms with van der Waals surface area (Å²) in [5, 5.41) is 3.65. The van der Waals surface area contributed by atoms with Crippen molar-refractivity contribution in [1.82, 2.24) is 24.8 Å². The molecule has 1 aromatic carbocycles. The van der Waals surface area contributed by atoms with E-state index in [-0.39, 0.29) is 15.7 Å². The summed E-state index contributed by atoms with van der Waals surface area (Å²) < 4.78 is 27.9. The minimum absolute atomic E-state index is 0.00512. The Bertz CT molecular complexity index is 1550. The quantitative estimate of drug-likeness (QED) is 0.325. The largest absolute Gasteiger partial charge is 0.351 e. The number of fused-ring (bicyclic) bond motifs is 1. The Labute approximate surface area is 227 Å². The van der Waals surface area contributed by atoms with Crippen LogP contribution < -0.4 is 10.0 Å². The zero-order valence-electron chi connectivity index (χ0n) is 21.5. The lowest BCUT2D eigenvalue weighted by molar-refractivity contribution is 0.221. The van der Waals surface area contributed by atoms with Crippen molar-refractivity contribution in [2.45, 2.75) is 49.6 Å².